The number of amides is 1. The molecule has 0 saturated carbocycles. The SMILES string of the molecule is Cc1c(C(=O)N(C)Cc2ccc(C#N)cc2)cnn1-c1ccccc1F. The summed E-state index contributed by atoms with van der Waals surface area (Å²) in [6.45, 7) is 2.14. The zero-order valence-corrected chi connectivity index (χ0v) is 14.5. The van der Waals surface area contributed by atoms with E-state index in [0.29, 0.717) is 29.1 Å². The summed E-state index contributed by atoms with van der Waals surface area (Å²) in [5.41, 5.74) is 2.79. The smallest absolute Gasteiger partial charge is 0.257 e. The van der Waals surface area contributed by atoms with Crippen molar-refractivity contribution in [1.29, 1.82) is 5.26 Å². The van der Waals surface area contributed by atoms with Crippen LogP contribution in [-0.2, 0) is 6.54 Å². The molecule has 26 heavy (non-hydrogen) atoms. The van der Waals surface area contributed by atoms with Gasteiger partial charge in [0.25, 0.3) is 5.91 Å². The van der Waals surface area contributed by atoms with E-state index in [1.807, 2.05) is 12.1 Å². The summed E-state index contributed by atoms with van der Waals surface area (Å²) >= 11 is 0. The molecule has 3 rings (SSSR count). The van der Waals surface area contributed by atoms with Gasteiger partial charge in [-0.1, -0.05) is 24.3 Å². The van der Waals surface area contributed by atoms with Gasteiger partial charge < -0.3 is 4.90 Å². The van der Waals surface area contributed by atoms with Crippen LogP contribution in [0.4, 0.5) is 4.39 Å². The van der Waals surface area contributed by atoms with Crippen LogP contribution >= 0.6 is 0 Å². The van der Waals surface area contributed by atoms with E-state index in [2.05, 4.69) is 11.2 Å². The van der Waals surface area contributed by atoms with E-state index < -0.39 is 5.82 Å². The Kier molecular flexibility index (Phi) is 4.81. The van der Waals surface area contributed by atoms with Gasteiger partial charge in [-0.05, 0) is 36.8 Å². The van der Waals surface area contributed by atoms with Crippen molar-refractivity contribution in [3.8, 4) is 11.8 Å². The minimum atomic E-state index is -0.399. The van der Waals surface area contributed by atoms with E-state index >= 15 is 0 Å². The van der Waals surface area contributed by atoms with Crippen molar-refractivity contribution in [2.75, 3.05) is 7.05 Å². The Balaban J connectivity index is 1.81. The highest BCUT2D eigenvalue weighted by Gasteiger charge is 2.20. The fourth-order valence-corrected chi connectivity index (χ4v) is 2.72. The standard InChI is InChI=1S/C20H17FN4O/c1-14-17(12-23-25(14)19-6-4-3-5-18(19)21)20(26)24(2)13-16-9-7-15(11-22)8-10-16/h3-10,12H,13H2,1-2H3. The van der Waals surface area contributed by atoms with E-state index in [1.54, 1.807) is 49.2 Å². The first-order valence-electron chi connectivity index (χ1n) is 8.05. The van der Waals surface area contributed by atoms with Crippen LogP contribution in [0, 0.1) is 24.1 Å². The molecule has 1 heterocycles. The fraction of sp³-hybridized carbons (Fsp3) is 0.150. The van der Waals surface area contributed by atoms with Gasteiger partial charge in [-0.2, -0.15) is 10.4 Å². The van der Waals surface area contributed by atoms with Crippen LogP contribution in [-0.4, -0.2) is 27.6 Å². The molecule has 1 aromatic heterocycles. The third kappa shape index (κ3) is 3.33. The van der Waals surface area contributed by atoms with Crippen LogP contribution in [0.15, 0.2) is 54.7 Å². The second-order valence-corrected chi connectivity index (χ2v) is 5.98. The molecule has 0 atom stereocenters. The number of benzene rings is 2. The predicted molar refractivity (Wildman–Crippen MR) is 95.2 cm³/mol. The third-order valence-electron chi connectivity index (χ3n) is 4.17. The van der Waals surface area contributed by atoms with Gasteiger partial charge in [0.2, 0.25) is 0 Å². The van der Waals surface area contributed by atoms with E-state index in [1.165, 1.54) is 16.9 Å². The third-order valence-corrected chi connectivity index (χ3v) is 4.17. The summed E-state index contributed by atoms with van der Waals surface area (Å²) in [5, 5.41) is 13.0. The van der Waals surface area contributed by atoms with Crippen molar-refractivity contribution in [2.45, 2.75) is 13.5 Å². The Morgan fingerprint density at radius 2 is 1.92 bits per heavy atom. The quantitative estimate of drug-likeness (QED) is 0.725. The zero-order valence-electron chi connectivity index (χ0n) is 14.5. The number of hydrogen-bond donors (Lipinski definition) is 0. The molecular weight excluding hydrogens is 331 g/mol. The number of para-hydroxylation sites is 1. The average molecular weight is 348 g/mol. The number of nitrogens with zero attached hydrogens (tertiary/aromatic N) is 4. The first-order chi connectivity index (χ1) is 12.5. The maximum absolute atomic E-state index is 14.0. The summed E-state index contributed by atoms with van der Waals surface area (Å²) in [7, 11) is 1.69. The molecule has 0 spiro atoms. The monoisotopic (exact) mass is 348 g/mol. The van der Waals surface area contributed by atoms with Gasteiger partial charge in [0.15, 0.2) is 0 Å². The number of rotatable bonds is 4. The molecule has 2 aromatic carbocycles. The van der Waals surface area contributed by atoms with E-state index in [9.17, 15) is 9.18 Å². The van der Waals surface area contributed by atoms with Gasteiger partial charge in [0, 0.05) is 13.6 Å². The number of hydrogen-bond acceptors (Lipinski definition) is 3. The Labute approximate surface area is 150 Å². The Morgan fingerprint density at radius 3 is 2.58 bits per heavy atom. The molecular formula is C20H17FN4O. The Hall–Kier alpha value is -3.46. The Morgan fingerprint density at radius 1 is 1.23 bits per heavy atom. The first kappa shape index (κ1) is 17.4. The molecule has 0 bridgehead atoms. The lowest BCUT2D eigenvalue weighted by Gasteiger charge is -2.17. The van der Waals surface area contributed by atoms with Gasteiger partial charge >= 0.3 is 0 Å². The molecule has 0 fully saturated rings. The van der Waals surface area contributed by atoms with Crippen LogP contribution in [0.5, 0.6) is 0 Å². The van der Waals surface area contributed by atoms with Gasteiger partial charge in [0.05, 0.1) is 29.1 Å². The molecule has 3 aromatic rings. The van der Waals surface area contributed by atoms with Crippen LogP contribution in [0.1, 0.15) is 27.2 Å². The maximum Gasteiger partial charge on any atom is 0.257 e. The van der Waals surface area contributed by atoms with Crippen molar-refractivity contribution in [3.05, 3.63) is 82.9 Å². The molecule has 0 aliphatic rings. The first-order valence-corrected chi connectivity index (χ1v) is 8.05. The van der Waals surface area contributed by atoms with Gasteiger partial charge in [0.1, 0.15) is 11.5 Å². The second kappa shape index (κ2) is 7.19. The number of carbonyl (C=O) groups is 1. The molecule has 0 N–H and O–H groups in total. The van der Waals surface area contributed by atoms with E-state index in [-0.39, 0.29) is 5.91 Å². The van der Waals surface area contributed by atoms with Crippen LogP contribution < -0.4 is 0 Å². The topological polar surface area (TPSA) is 61.9 Å². The second-order valence-electron chi connectivity index (χ2n) is 5.98. The minimum Gasteiger partial charge on any atom is -0.337 e. The normalized spacial score (nSPS) is 10.4. The maximum atomic E-state index is 14.0. The number of aromatic nitrogens is 2. The summed E-state index contributed by atoms with van der Waals surface area (Å²) < 4.78 is 15.4. The molecule has 0 unspecified atom stereocenters. The molecule has 130 valence electrons. The molecule has 5 nitrogen and oxygen atoms in total. The van der Waals surface area contributed by atoms with Gasteiger partial charge in [-0.25, -0.2) is 9.07 Å². The number of halogens is 1. The van der Waals surface area contributed by atoms with Crippen LogP contribution in [0.2, 0.25) is 0 Å². The van der Waals surface area contributed by atoms with E-state index in [4.69, 9.17) is 5.26 Å². The summed E-state index contributed by atoms with van der Waals surface area (Å²) in [5.74, 6) is -0.599. The van der Waals surface area contributed by atoms with Gasteiger partial charge in [-0.3, -0.25) is 4.79 Å². The highest BCUT2D eigenvalue weighted by Crippen LogP contribution is 2.18. The fourth-order valence-electron chi connectivity index (χ4n) is 2.72. The highest BCUT2D eigenvalue weighted by atomic mass is 19.1. The zero-order chi connectivity index (χ0) is 18.7. The van der Waals surface area contributed by atoms with Crippen LogP contribution in [0.25, 0.3) is 5.69 Å². The van der Waals surface area contributed by atoms with Crippen LogP contribution in [0.3, 0.4) is 0 Å². The molecule has 0 saturated heterocycles. The molecule has 6 heteroatoms. The molecule has 0 aliphatic heterocycles. The van der Waals surface area contributed by atoms with Gasteiger partial charge in [-0.15, -0.1) is 0 Å². The summed E-state index contributed by atoms with van der Waals surface area (Å²) in [4.78, 5) is 14.3. The van der Waals surface area contributed by atoms with Crippen molar-refractivity contribution >= 4 is 5.91 Å². The molecule has 1 amide bonds. The highest BCUT2D eigenvalue weighted by molar-refractivity contribution is 5.95. The average Bonchev–Trinajstić information content (AvgIpc) is 3.03. The van der Waals surface area contributed by atoms with Crippen molar-refractivity contribution in [1.82, 2.24) is 14.7 Å². The van der Waals surface area contributed by atoms with E-state index in [0.717, 1.165) is 5.56 Å². The lowest BCUT2D eigenvalue weighted by atomic mass is 10.1. The van der Waals surface area contributed by atoms with Crippen molar-refractivity contribution in [2.24, 2.45) is 0 Å². The largest absolute Gasteiger partial charge is 0.337 e. The lowest BCUT2D eigenvalue weighted by molar-refractivity contribution is 0.0784. The number of nitriles is 1. The number of carbonyl (C=O) groups excluding carboxylic acids is 1. The molecule has 0 aliphatic carbocycles. The Bertz CT molecular complexity index is 986. The summed E-state index contributed by atoms with van der Waals surface area (Å²) in [6, 6.07) is 15.4. The van der Waals surface area contributed by atoms with Crippen molar-refractivity contribution < 1.29 is 9.18 Å². The summed E-state index contributed by atoms with van der Waals surface area (Å²) in [6.07, 6.45) is 1.46. The van der Waals surface area contributed by atoms with Crippen molar-refractivity contribution in [3.63, 3.8) is 0 Å². The lowest BCUT2D eigenvalue weighted by Crippen LogP contribution is -2.26. The minimum absolute atomic E-state index is 0.200. The molecule has 0 radical (unpaired) electrons. The predicted octanol–water partition coefficient (Wildman–Crippen LogP) is 3.46.